The number of nitro groups is 1. The number of nitrogens with two attached hydrogens (primary N) is 1. The van der Waals surface area contributed by atoms with E-state index in [9.17, 15) is 14.9 Å². The van der Waals surface area contributed by atoms with E-state index in [2.05, 4.69) is 0 Å². The lowest BCUT2D eigenvalue weighted by Gasteiger charge is -2.02. The summed E-state index contributed by atoms with van der Waals surface area (Å²) in [6, 6.07) is 4.23. The Bertz CT molecular complexity index is 388. The van der Waals surface area contributed by atoms with Crippen molar-refractivity contribution in [2.45, 2.75) is 13.3 Å². The monoisotopic (exact) mass is 194 g/mol. The molecule has 14 heavy (non-hydrogen) atoms. The Kier molecular flexibility index (Phi) is 2.81. The fraction of sp³-hybridized carbons (Fsp3) is 0.222. The van der Waals surface area contributed by atoms with Crippen molar-refractivity contribution in [3.05, 3.63) is 33.9 Å². The van der Waals surface area contributed by atoms with E-state index in [0.29, 0.717) is 0 Å². The highest BCUT2D eigenvalue weighted by atomic mass is 16.6. The zero-order chi connectivity index (χ0) is 10.7. The molecule has 5 heteroatoms. The Labute approximate surface area is 80.7 Å². The lowest BCUT2D eigenvalue weighted by atomic mass is 10.1. The average Bonchev–Trinajstić information content (AvgIpc) is 2.16. The van der Waals surface area contributed by atoms with Crippen molar-refractivity contribution < 1.29 is 9.72 Å². The summed E-state index contributed by atoms with van der Waals surface area (Å²) in [7, 11) is 0. The number of anilines is 1. The predicted octanol–water partition coefficient (Wildman–Crippen LogP) is 1.77. The molecular formula is C9H10N2O3. The zero-order valence-corrected chi connectivity index (χ0v) is 7.69. The largest absolute Gasteiger partial charge is 0.393 e. The number of hydrogen-bond acceptors (Lipinski definition) is 4. The molecule has 0 radical (unpaired) electrons. The first kappa shape index (κ1) is 10.2. The molecule has 0 saturated heterocycles. The molecule has 0 aliphatic carbocycles. The summed E-state index contributed by atoms with van der Waals surface area (Å²) in [4.78, 5) is 21.2. The highest BCUT2D eigenvalue weighted by Gasteiger charge is 2.17. The number of para-hydroxylation sites is 1. The van der Waals surface area contributed by atoms with E-state index < -0.39 is 4.92 Å². The first-order chi connectivity index (χ1) is 6.57. The molecule has 0 bridgehead atoms. The predicted molar refractivity (Wildman–Crippen MR) is 52.1 cm³/mol. The minimum atomic E-state index is -0.595. The molecule has 0 aromatic heterocycles. The summed E-state index contributed by atoms with van der Waals surface area (Å²) in [5, 5.41) is 10.5. The molecule has 74 valence electrons. The van der Waals surface area contributed by atoms with Crippen LogP contribution in [0.4, 0.5) is 11.4 Å². The molecule has 0 unspecified atom stereocenters. The summed E-state index contributed by atoms with van der Waals surface area (Å²) in [6.07, 6.45) is 0.283. The average molecular weight is 194 g/mol. The third-order valence-corrected chi connectivity index (χ3v) is 1.90. The number of Topliss-reactive ketones (excluding diaryl/α,β-unsaturated/α-hetero) is 1. The summed E-state index contributed by atoms with van der Waals surface area (Å²) in [5.41, 5.74) is 5.45. The Balaban J connectivity index is 3.27. The molecule has 0 aliphatic rings. The Morgan fingerprint density at radius 2 is 2.21 bits per heavy atom. The number of rotatable bonds is 3. The first-order valence-electron chi connectivity index (χ1n) is 4.14. The van der Waals surface area contributed by atoms with Gasteiger partial charge in [0, 0.05) is 18.1 Å². The Morgan fingerprint density at radius 3 is 2.71 bits per heavy atom. The van der Waals surface area contributed by atoms with Gasteiger partial charge in [-0.05, 0) is 6.07 Å². The lowest BCUT2D eigenvalue weighted by Crippen LogP contribution is -2.05. The summed E-state index contributed by atoms with van der Waals surface area (Å²) in [5.74, 6) is -0.189. The van der Waals surface area contributed by atoms with Gasteiger partial charge in [0.15, 0.2) is 5.78 Å². The number of carbonyl (C=O) groups excluding carboxylic acids is 1. The second-order valence-corrected chi connectivity index (χ2v) is 2.77. The van der Waals surface area contributed by atoms with Crippen LogP contribution < -0.4 is 5.73 Å². The molecule has 2 N–H and O–H groups in total. The fourth-order valence-corrected chi connectivity index (χ4v) is 1.15. The van der Waals surface area contributed by atoms with Gasteiger partial charge in [-0.25, -0.2) is 0 Å². The second-order valence-electron chi connectivity index (χ2n) is 2.77. The number of carbonyl (C=O) groups is 1. The van der Waals surface area contributed by atoms with Gasteiger partial charge in [0.25, 0.3) is 5.69 Å². The highest BCUT2D eigenvalue weighted by molar-refractivity contribution is 6.02. The minimum absolute atomic E-state index is 0.0515. The van der Waals surface area contributed by atoms with Crippen molar-refractivity contribution in [2.75, 3.05) is 5.73 Å². The van der Waals surface area contributed by atoms with Crippen LogP contribution in [0, 0.1) is 10.1 Å². The van der Waals surface area contributed by atoms with Gasteiger partial charge in [0.2, 0.25) is 0 Å². The van der Waals surface area contributed by atoms with E-state index in [-0.39, 0.29) is 29.1 Å². The maximum atomic E-state index is 11.3. The number of nitro benzene ring substituents is 1. The molecule has 0 fully saturated rings. The number of benzene rings is 1. The number of nitrogen functional groups attached to an aromatic ring is 1. The van der Waals surface area contributed by atoms with Crippen molar-refractivity contribution in [3.8, 4) is 0 Å². The topological polar surface area (TPSA) is 86.2 Å². The van der Waals surface area contributed by atoms with E-state index >= 15 is 0 Å². The molecule has 1 aromatic rings. The smallest absolute Gasteiger partial charge is 0.292 e. The molecule has 0 saturated carbocycles. The van der Waals surface area contributed by atoms with E-state index in [4.69, 9.17) is 5.73 Å². The Hall–Kier alpha value is -1.91. The Morgan fingerprint density at radius 1 is 1.57 bits per heavy atom. The number of ketones is 1. The lowest BCUT2D eigenvalue weighted by molar-refractivity contribution is -0.383. The minimum Gasteiger partial charge on any atom is -0.393 e. The van der Waals surface area contributed by atoms with E-state index in [0.717, 1.165) is 0 Å². The van der Waals surface area contributed by atoms with E-state index in [1.54, 1.807) is 6.92 Å². The second kappa shape index (κ2) is 3.87. The van der Waals surface area contributed by atoms with Crippen LogP contribution in [0.3, 0.4) is 0 Å². The van der Waals surface area contributed by atoms with Crippen molar-refractivity contribution in [3.63, 3.8) is 0 Å². The standard InChI is InChI=1S/C9H10N2O3/c1-2-8(12)6-4-3-5-7(9(6)10)11(13)14/h3-5H,2,10H2,1H3. The van der Waals surface area contributed by atoms with Crippen molar-refractivity contribution in [2.24, 2.45) is 0 Å². The molecule has 0 amide bonds. The maximum Gasteiger partial charge on any atom is 0.292 e. The molecule has 1 aromatic carbocycles. The van der Waals surface area contributed by atoms with E-state index in [1.165, 1.54) is 18.2 Å². The van der Waals surface area contributed by atoms with Crippen molar-refractivity contribution in [1.29, 1.82) is 0 Å². The van der Waals surface area contributed by atoms with Gasteiger partial charge in [0.05, 0.1) is 4.92 Å². The number of nitrogens with zero attached hydrogens (tertiary/aromatic N) is 1. The quantitative estimate of drug-likeness (QED) is 0.344. The van der Waals surface area contributed by atoms with Crippen molar-refractivity contribution >= 4 is 17.2 Å². The van der Waals surface area contributed by atoms with Crippen LogP contribution in [0.2, 0.25) is 0 Å². The van der Waals surface area contributed by atoms with Gasteiger partial charge in [-0.3, -0.25) is 14.9 Å². The number of hydrogen-bond donors (Lipinski definition) is 1. The summed E-state index contributed by atoms with van der Waals surface area (Å²) in [6.45, 7) is 1.68. The molecule has 5 nitrogen and oxygen atoms in total. The van der Waals surface area contributed by atoms with Gasteiger partial charge < -0.3 is 5.73 Å². The third kappa shape index (κ3) is 1.71. The van der Waals surface area contributed by atoms with Gasteiger partial charge >= 0.3 is 0 Å². The van der Waals surface area contributed by atoms with Gasteiger partial charge in [-0.15, -0.1) is 0 Å². The zero-order valence-electron chi connectivity index (χ0n) is 7.69. The fourth-order valence-electron chi connectivity index (χ4n) is 1.15. The van der Waals surface area contributed by atoms with Crippen molar-refractivity contribution in [1.82, 2.24) is 0 Å². The van der Waals surface area contributed by atoms with Crippen LogP contribution >= 0.6 is 0 Å². The van der Waals surface area contributed by atoms with E-state index in [1.807, 2.05) is 0 Å². The summed E-state index contributed by atoms with van der Waals surface area (Å²) >= 11 is 0. The SMILES string of the molecule is CCC(=O)c1cccc([N+](=O)[O-])c1N. The molecule has 1 rings (SSSR count). The van der Waals surface area contributed by atoms with Crippen LogP contribution in [-0.4, -0.2) is 10.7 Å². The maximum absolute atomic E-state index is 11.3. The molecule has 0 atom stereocenters. The van der Waals surface area contributed by atoms with Crippen LogP contribution in [0.1, 0.15) is 23.7 Å². The molecular weight excluding hydrogens is 184 g/mol. The summed E-state index contributed by atoms with van der Waals surface area (Å²) < 4.78 is 0. The molecule has 0 spiro atoms. The third-order valence-electron chi connectivity index (χ3n) is 1.90. The van der Waals surface area contributed by atoms with Crippen LogP contribution in [0.15, 0.2) is 18.2 Å². The molecule has 0 heterocycles. The van der Waals surface area contributed by atoms with Gasteiger partial charge in [-0.2, -0.15) is 0 Å². The van der Waals surface area contributed by atoms with Crippen LogP contribution in [-0.2, 0) is 0 Å². The van der Waals surface area contributed by atoms with Crippen LogP contribution in [0.5, 0.6) is 0 Å². The van der Waals surface area contributed by atoms with Gasteiger partial charge in [-0.1, -0.05) is 13.0 Å². The highest BCUT2D eigenvalue weighted by Crippen LogP contribution is 2.25. The van der Waals surface area contributed by atoms with Gasteiger partial charge in [0.1, 0.15) is 5.69 Å². The normalized spacial score (nSPS) is 9.79. The first-order valence-corrected chi connectivity index (χ1v) is 4.14. The van der Waals surface area contributed by atoms with Crippen LogP contribution in [0.25, 0.3) is 0 Å². The molecule has 0 aliphatic heterocycles.